The Kier molecular flexibility index (Phi) is 6.22. The molecule has 1 aromatic carbocycles. The molecule has 4 rings (SSSR count). The number of rotatable bonds is 7. The van der Waals surface area contributed by atoms with Crippen molar-refractivity contribution in [1.29, 1.82) is 0 Å². The lowest BCUT2D eigenvalue weighted by Crippen LogP contribution is -2.13. The zero-order chi connectivity index (χ0) is 18.8. The van der Waals surface area contributed by atoms with Crippen LogP contribution < -0.4 is 15.8 Å². The largest absolute Gasteiger partial charge is 0.494 e. The van der Waals surface area contributed by atoms with Crippen LogP contribution in [0.25, 0.3) is 5.69 Å². The Labute approximate surface area is 171 Å². The van der Waals surface area contributed by atoms with Gasteiger partial charge in [-0.05, 0) is 48.0 Å². The minimum atomic E-state index is -0.273. The molecule has 1 aliphatic rings. The Morgan fingerprint density at radius 1 is 1.43 bits per heavy atom. The fraction of sp³-hybridized carbons (Fsp3) is 0.353. The average Bonchev–Trinajstić information content (AvgIpc) is 3.21. The predicted octanol–water partition coefficient (Wildman–Crippen LogP) is 2.18. The fourth-order valence-corrected chi connectivity index (χ4v) is 3.54. The molecule has 0 spiro atoms. The first kappa shape index (κ1) is 20.2. The van der Waals surface area contributed by atoms with Gasteiger partial charge in [-0.15, -0.1) is 28.8 Å². The number of methoxy groups -OCH3 is 1. The van der Waals surface area contributed by atoms with Gasteiger partial charge in [-0.25, -0.2) is 4.98 Å². The molecule has 0 bridgehead atoms. The number of nitrogens with two attached hydrogens (primary N) is 1. The summed E-state index contributed by atoms with van der Waals surface area (Å²) in [7, 11) is 1.59. The number of nitrogens with zero attached hydrogens (tertiary/aromatic N) is 5. The first-order valence-corrected chi connectivity index (χ1v) is 9.50. The van der Waals surface area contributed by atoms with Crippen LogP contribution in [0.2, 0.25) is 0 Å². The summed E-state index contributed by atoms with van der Waals surface area (Å²) < 4.78 is 7.12. The molecule has 1 fully saturated rings. The number of thiazole rings is 1. The SMILES string of the molecule is COc1ccc(NC(=O)c2csc(CCN)n2)cc1-n1nnnc1C1CC1.Cl. The lowest BCUT2D eigenvalue weighted by atomic mass is 10.2. The molecule has 1 amide bonds. The third kappa shape index (κ3) is 4.13. The van der Waals surface area contributed by atoms with Crippen molar-refractivity contribution >= 4 is 35.3 Å². The van der Waals surface area contributed by atoms with Crippen molar-refractivity contribution in [2.45, 2.75) is 25.2 Å². The average molecular weight is 422 g/mol. The molecular weight excluding hydrogens is 402 g/mol. The van der Waals surface area contributed by atoms with E-state index in [9.17, 15) is 4.79 Å². The van der Waals surface area contributed by atoms with Crippen molar-refractivity contribution in [1.82, 2.24) is 25.2 Å². The van der Waals surface area contributed by atoms with Crippen LogP contribution in [0.15, 0.2) is 23.6 Å². The van der Waals surface area contributed by atoms with Crippen molar-refractivity contribution in [2.24, 2.45) is 5.73 Å². The van der Waals surface area contributed by atoms with Gasteiger partial charge in [0.15, 0.2) is 5.82 Å². The minimum Gasteiger partial charge on any atom is -0.494 e. The maximum Gasteiger partial charge on any atom is 0.275 e. The highest BCUT2D eigenvalue weighted by atomic mass is 35.5. The quantitative estimate of drug-likeness (QED) is 0.599. The number of nitrogens with one attached hydrogen (secondary N) is 1. The van der Waals surface area contributed by atoms with Gasteiger partial charge in [0, 0.05) is 23.4 Å². The number of halogens is 1. The summed E-state index contributed by atoms with van der Waals surface area (Å²) in [5.74, 6) is 1.53. The molecule has 148 valence electrons. The van der Waals surface area contributed by atoms with Crippen LogP contribution in [0, 0.1) is 0 Å². The number of hydrogen-bond acceptors (Lipinski definition) is 8. The van der Waals surface area contributed by atoms with Crippen molar-refractivity contribution in [3.8, 4) is 11.4 Å². The highest BCUT2D eigenvalue weighted by Gasteiger charge is 2.30. The molecule has 3 N–H and O–H groups in total. The Morgan fingerprint density at radius 3 is 2.96 bits per heavy atom. The Morgan fingerprint density at radius 2 is 2.25 bits per heavy atom. The van der Waals surface area contributed by atoms with Gasteiger partial charge in [-0.1, -0.05) is 0 Å². The van der Waals surface area contributed by atoms with E-state index in [1.165, 1.54) is 11.3 Å². The zero-order valence-electron chi connectivity index (χ0n) is 15.2. The molecule has 1 saturated carbocycles. The van der Waals surface area contributed by atoms with Crippen LogP contribution in [0.4, 0.5) is 5.69 Å². The van der Waals surface area contributed by atoms with Crippen LogP contribution in [-0.2, 0) is 6.42 Å². The summed E-state index contributed by atoms with van der Waals surface area (Å²) >= 11 is 1.43. The minimum absolute atomic E-state index is 0. The highest BCUT2D eigenvalue weighted by molar-refractivity contribution is 7.09. The van der Waals surface area contributed by atoms with Gasteiger partial charge in [0.1, 0.15) is 17.1 Å². The molecule has 9 nitrogen and oxygen atoms in total. The smallest absolute Gasteiger partial charge is 0.275 e. The van der Waals surface area contributed by atoms with Gasteiger partial charge in [0.25, 0.3) is 5.91 Å². The molecule has 11 heteroatoms. The lowest BCUT2D eigenvalue weighted by molar-refractivity contribution is 0.102. The van der Waals surface area contributed by atoms with E-state index in [4.69, 9.17) is 10.5 Å². The fourth-order valence-electron chi connectivity index (χ4n) is 2.74. The number of carbonyl (C=O) groups is 1. The maximum atomic E-state index is 12.5. The van der Waals surface area contributed by atoms with Crippen LogP contribution in [0.5, 0.6) is 5.75 Å². The van der Waals surface area contributed by atoms with E-state index in [-0.39, 0.29) is 18.3 Å². The second-order valence-corrected chi connectivity index (χ2v) is 7.17. The third-order valence-electron chi connectivity index (χ3n) is 4.24. The number of amides is 1. The second-order valence-electron chi connectivity index (χ2n) is 6.23. The highest BCUT2D eigenvalue weighted by Crippen LogP contribution is 2.40. The lowest BCUT2D eigenvalue weighted by Gasteiger charge is -2.12. The first-order valence-electron chi connectivity index (χ1n) is 8.62. The van der Waals surface area contributed by atoms with Gasteiger partial charge in [0.05, 0.1) is 12.1 Å². The van der Waals surface area contributed by atoms with Crippen molar-refractivity contribution in [3.63, 3.8) is 0 Å². The van der Waals surface area contributed by atoms with E-state index in [1.54, 1.807) is 35.4 Å². The van der Waals surface area contributed by atoms with E-state index < -0.39 is 0 Å². The number of anilines is 1. The van der Waals surface area contributed by atoms with Crippen LogP contribution in [-0.4, -0.2) is 44.8 Å². The van der Waals surface area contributed by atoms with Gasteiger partial charge in [-0.2, -0.15) is 4.68 Å². The van der Waals surface area contributed by atoms with Gasteiger partial charge in [0.2, 0.25) is 0 Å². The molecule has 1 aliphatic carbocycles. The third-order valence-corrected chi connectivity index (χ3v) is 5.15. The van der Waals surface area contributed by atoms with Crippen molar-refractivity contribution in [3.05, 3.63) is 40.1 Å². The van der Waals surface area contributed by atoms with Crippen molar-refractivity contribution in [2.75, 3.05) is 19.0 Å². The number of ether oxygens (including phenoxy) is 1. The Balaban J connectivity index is 0.00000225. The number of aromatic nitrogens is 5. The number of benzene rings is 1. The normalized spacial score (nSPS) is 13.1. The van der Waals surface area contributed by atoms with Gasteiger partial charge in [-0.3, -0.25) is 4.79 Å². The summed E-state index contributed by atoms with van der Waals surface area (Å²) in [5, 5.41) is 17.5. The Bertz CT molecular complexity index is 970. The van der Waals surface area contributed by atoms with E-state index in [0.29, 0.717) is 41.7 Å². The summed E-state index contributed by atoms with van der Waals surface area (Å²) in [6.45, 7) is 0.506. The number of tetrazole rings is 1. The summed E-state index contributed by atoms with van der Waals surface area (Å²) in [5.41, 5.74) is 7.21. The van der Waals surface area contributed by atoms with E-state index in [1.807, 2.05) is 0 Å². The number of carbonyl (C=O) groups excluding carboxylic acids is 1. The van der Waals surface area contributed by atoms with Crippen LogP contribution in [0.1, 0.15) is 40.1 Å². The molecule has 3 aromatic rings. The molecule has 28 heavy (non-hydrogen) atoms. The molecule has 0 unspecified atom stereocenters. The van der Waals surface area contributed by atoms with E-state index >= 15 is 0 Å². The van der Waals surface area contributed by atoms with Crippen LogP contribution >= 0.6 is 23.7 Å². The Hall–Kier alpha value is -2.56. The molecule has 0 aliphatic heterocycles. The van der Waals surface area contributed by atoms with E-state index in [0.717, 1.165) is 23.7 Å². The standard InChI is InChI=1S/C17H19N7O2S.ClH/c1-26-14-5-4-11(19-17(25)12-9-27-15(20-12)6-7-18)8-13(14)24-16(10-2-3-10)21-22-23-24;/h4-5,8-10H,2-3,6-7,18H2,1H3,(H,19,25);1H. The van der Waals surface area contributed by atoms with Crippen molar-refractivity contribution < 1.29 is 9.53 Å². The molecule has 0 radical (unpaired) electrons. The van der Waals surface area contributed by atoms with E-state index in [2.05, 4.69) is 25.8 Å². The second kappa shape index (κ2) is 8.63. The van der Waals surface area contributed by atoms with Gasteiger partial charge < -0.3 is 15.8 Å². The molecule has 2 heterocycles. The summed E-state index contributed by atoms with van der Waals surface area (Å²) in [6.07, 6.45) is 2.82. The monoisotopic (exact) mass is 421 g/mol. The summed E-state index contributed by atoms with van der Waals surface area (Å²) in [6, 6.07) is 5.35. The van der Waals surface area contributed by atoms with Crippen LogP contribution in [0.3, 0.4) is 0 Å². The van der Waals surface area contributed by atoms with Gasteiger partial charge >= 0.3 is 0 Å². The predicted molar refractivity (Wildman–Crippen MR) is 108 cm³/mol. The molecule has 0 saturated heterocycles. The molecule has 0 atom stereocenters. The molecule has 2 aromatic heterocycles. The topological polar surface area (TPSA) is 121 Å². The maximum absolute atomic E-state index is 12.5. The first-order chi connectivity index (χ1) is 13.2. The zero-order valence-corrected chi connectivity index (χ0v) is 16.8. The summed E-state index contributed by atoms with van der Waals surface area (Å²) in [4.78, 5) is 16.8. The number of hydrogen-bond donors (Lipinski definition) is 2. The molecular formula is C17H20ClN7O2S.